The number of methoxy groups -OCH3 is 2. The maximum atomic E-state index is 12.5. The van der Waals surface area contributed by atoms with Gasteiger partial charge in [0.05, 0.1) is 24.9 Å². The number of hydrogen-bond acceptors (Lipinski definition) is 7. The number of aromatic nitrogens is 3. The summed E-state index contributed by atoms with van der Waals surface area (Å²) in [5.74, 6) is 0.418. The third-order valence-corrected chi connectivity index (χ3v) is 4.95. The molecular weight excluding hydrogens is 414 g/mol. The largest absolute Gasteiger partial charge is 0.495 e. The van der Waals surface area contributed by atoms with Crippen LogP contribution in [-0.4, -0.2) is 34.9 Å². The summed E-state index contributed by atoms with van der Waals surface area (Å²) >= 11 is 7.49. The van der Waals surface area contributed by atoms with Crippen molar-refractivity contribution in [2.24, 2.45) is 0 Å². The van der Waals surface area contributed by atoms with Gasteiger partial charge in [-0.05, 0) is 31.2 Å². The minimum absolute atomic E-state index is 0.0867. The summed E-state index contributed by atoms with van der Waals surface area (Å²) in [4.78, 5) is 12.5. The number of nitrogens with zero attached hydrogens (tertiary/aromatic N) is 4. The molecule has 0 radical (unpaired) electrons. The number of benzene rings is 1. The Balaban J connectivity index is 1.98. The lowest BCUT2D eigenvalue weighted by Crippen LogP contribution is -2.13. The SMILES string of the molecule is COc1cc(OC)c(-n2cccc2/C=C(/C#N)C(=O)Nc2nnc(C)s2)cc1Cl. The summed E-state index contributed by atoms with van der Waals surface area (Å²) in [5.41, 5.74) is 1.13. The number of rotatable bonds is 6. The number of amides is 1. The summed E-state index contributed by atoms with van der Waals surface area (Å²) < 4.78 is 12.4. The van der Waals surface area contributed by atoms with E-state index in [0.29, 0.717) is 38.0 Å². The van der Waals surface area contributed by atoms with E-state index in [0.717, 1.165) is 0 Å². The number of halogens is 1. The van der Waals surface area contributed by atoms with E-state index in [1.807, 2.05) is 6.07 Å². The fraction of sp³-hybridized carbons (Fsp3) is 0.158. The standard InChI is InChI=1S/C19H16ClN5O3S/c1-11-23-24-19(29-11)22-18(26)12(10-21)7-13-5-4-6-25(13)15-8-14(20)16(27-2)9-17(15)28-3/h4-9H,1-3H3,(H,22,24,26)/b12-7-. The van der Waals surface area contributed by atoms with E-state index >= 15 is 0 Å². The zero-order valence-corrected chi connectivity index (χ0v) is 17.3. The molecule has 1 aromatic carbocycles. The number of anilines is 1. The summed E-state index contributed by atoms with van der Waals surface area (Å²) in [6.07, 6.45) is 3.24. The molecule has 0 unspecified atom stereocenters. The van der Waals surface area contributed by atoms with E-state index in [1.165, 1.54) is 31.6 Å². The Bertz CT molecular complexity index is 1130. The van der Waals surface area contributed by atoms with Crippen LogP contribution >= 0.6 is 22.9 Å². The van der Waals surface area contributed by atoms with Gasteiger partial charge in [-0.1, -0.05) is 22.9 Å². The van der Waals surface area contributed by atoms with Gasteiger partial charge in [0.25, 0.3) is 5.91 Å². The summed E-state index contributed by atoms with van der Waals surface area (Å²) in [6.45, 7) is 1.77. The average molecular weight is 430 g/mol. The van der Waals surface area contributed by atoms with E-state index in [1.54, 1.807) is 42.0 Å². The van der Waals surface area contributed by atoms with Gasteiger partial charge >= 0.3 is 0 Å². The molecule has 0 saturated carbocycles. The lowest BCUT2D eigenvalue weighted by atomic mass is 10.2. The second-order valence-electron chi connectivity index (χ2n) is 5.71. The smallest absolute Gasteiger partial charge is 0.268 e. The van der Waals surface area contributed by atoms with Crippen LogP contribution in [0.15, 0.2) is 36.0 Å². The second kappa shape index (κ2) is 8.77. The lowest BCUT2D eigenvalue weighted by Gasteiger charge is -2.14. The van der Waals surface area contributed by atoms with E-state index in [-0.39, 0.29) is 5.57 Å². The maximum Gasteiger partial charge on any atom is 0.268 e. The molecular formula is C19H16ClN5O3S. The van der Waals surface area contributed by atoms with Gasteiger partial charge in [-0.2, -0.15) is 5.26 Å². The summed E-state index contributed by atoms with van der Waals surface area (Å²) in [5, 5.41) is 21.2. The van der Waals surface area contributed by atoms with Crippen LogP contribution in [0.2, 0.25) is 5.02 Å². The van der Waals surface area contributed by atoms with Gasteiger partial charge in [-0.3, -0.25) is 10.1 Å². The van der Waals surface area contributed by atoms with Crippen molar-refractivity contribution < 1.29 is 14.3 Å². The Morgan fingerprint density at radius 2 is 2.07 bits per heavy atom. The van der Waals surface area contributed by atoms with E-state index in [9.17, 15) is 10.1 Å². The highest BCUT2D eigenvalue weighted by molar-refractivity contribution is 7.15. The molecule has 1 amide bonds. The molecule has 0 spiro atoms. The van der Waals surface area contributed by atoms with Crippen molar-refractivity contribution in [3.05, 3.63) is 51.8 Å². The normalized spacial score (nSPS) is 11.1. The highest BCUT2D eigenvalue weighted by Crippen LogP contribution is 2.35. The molecule has 3 aromatic rings. The van der Waals surface area contributed by atoms with Crippen LogP contribution in [-0.2, 0) is 4.79 Å². The van der Waals surface area contributed by atoms with Crippen LogP contribution < -0.4 is 14.8 Å². The Labute approximate surface area is 176 Å². The van der Waals surface area contributed by atoms with E-state index in [2.05, 4.69) is 15.5 Å². The molecule has 0 bridgehead atoms. The predicted octanol–water partition coefficient (Wildman–Crippen LogP) is 3.85. The Morgan fingerprint density at radius 3 is 2.69 bits per heavy atom. The van der Waals surface area contributed by atoms with Gasteiger partial charge in [-0.25, -0.2) is 0 Å². The number of nitrogens with one attached hydrogen (secondary N) is 1. The minimum atomic E-state index is -0.573. The first-order valence-electron chi connectivity index (χ1n) is 8.29. The average Bonchev–Trinajstić information content (AvgIpc) is 3.34. The van der Waals surface area contributed by atoms with Crippen LogP contribution in [0.25, 0.3) is 11.8 Å². The van der Waals surface area contributed by atoms with Gasteiger partial charge in [0, 0.05) is 18.0 Å². The Morgan fingerprint density at radius 1 is 1.31 bits per heavy atom. The molecule has 1 N–H and O–H groups in total. The van der Waals surface area contributed by atoms with Crippen LogP contribution in [0, 0.1) is 18.3 Å². The molecule has 0 aliphatic heterocycles. The van der Waals surface area contributed by atoms with Crippen LogP contribution in [0.4, 0.5) is 5.13 Å². The first-order valence-corrected chi connectivity index (χ1v) is 9.48. The van der Waals surface area contributed by atoms with Crippen LogP contribution in [0.3, 0.4) is 0 Å². The highest BCUT2D eigenvalue weighted by atomic mass is 35.5. The zero-order valence-electron chi connectivity index (χ0n) is 15.8. The molecule has 0 atom stereocenters. The molecule has 0 saturated heterocycles. The minimum Gasteiger partial charge on any atom is -0.495 e. The third kappa shape index (κ3) is 4.39. The molecule has 3 rings (SSSR count). The van der Waals surface area contributed by atoms with E-state index < -0.39 is 5.91 Å². The molecule has 148 valence electrons. The van der Waals surface area contributed by atoms with Gasteiger partial charge < -0.3 is 14.0 Å². The van der Waals surface area contributed by atoms with Gasteiger partial charge in [0.2, 0.25) is 5.13 Å². The highest BCUT2D eigenvalue weighted by Gasteiger charge is 2.16. The van der Waals surface area contributed by atoms with Crippen molar-refractivity contribution in [1.29, 1.82) is 5.26 Å². The van der Waals surface area contributed by atoms with Crippen molar-refractivity contribution >= 4 is 40.1 Å². The van der Waals surface area contributed by atoms with E-state index in [4.69, 9.17) is 21.1 Å². The molecule has 2 aromatic heterocycles. The Hall–Kier alpha value is -3.35. The number of carbonyl (C=O) groups excluding carboxylic acids is 1. The zero-order chi connectivity index (χ0) is 21.0. The molecule has 0 fully saturated rings. The Kier molecular flexibility index (Phi) is 6.16. The fourth-order valence-corrected chi connectivity index (χ4v) is 3.39. The number of carbonyl (C=O) groups is 1. The third-order valence-electron chi connectivity index (χ3n) is 3.90. The monoisotopic (exact) mass is 429 g/mol. The fourth-order valence-electron chi connectivity index (χ4n) is 2.57. The quantitative estimate of drug-likeness (QED) is 0.471. The number of nitriles is 1. The van der Waals surface area contributed by atoms with Gasteiger partial charge in [0.1, 0.15) is 28.1 Å². The summed E-state index contributed by atoms with van der Waals surface area (Å²) in [6, 6.07) is 8.82. The molecule has 10 heteroatoms. The molecule has 29 heavy (non-hydrogen) atoms. The topological polar surface area (TPSA) is 102 Å². The maximum absolute atomic E-state index is 12.5. The first kappa shape index (κ1) is 20.4. The first-order chi connectivity index (χ1) is 14.0. The summed E-state index contributed by atoms with van der Waals surface area (Å²) in [7, 11) is 3.05. The molecule has 8 nitrogen and oxygen atoms in total. The van der Waals surface area contributed by atoms with Crippen molar-refractivity contribution in [2.75, 3.05) is 19.5 Å². The van der Waals surface area contributed by atoms with Gasteiger partial charge in [0.15, 0.2) is 0 Å². The van der Waals surface area contributed by atoms with Crippen LogP contribution in [0.1, 0.15) is 10.7 Å². The molecule has 0 aliphatic rings. The number of ether oxygens (including phenoxy) is 2. The number of aryl methyl sites for hydroxylation is 1. The van der Waals surface area contributed by atoms with Crippen molar-refractivity contribution in [1.82, 2.24) is 14.8 Å². The lowest BCUT2D eigenvalue weighted by molar-refractivity contribution is -0.112. The molecule has 0 aliphatic carbocycles. The van der Waals surface area contributed by atoms with Crippen molar-refractivity contribution in [2.45, 2.75) is 6.92 Å². The number of hydrogen-bond donors (Lipinski definition) is 1. The van der Waals surface area contributed by atoms with Crippen LogP contribution in [0.5, 0.6) is 11.5 Å². The predicted molar refractivity (Wildman–Crippen MR) is 111 cm³/mol. The van der Waals surface area contributed by atoms with Crippen molar-refractivity contribution in [3.63, 3.8) is 0 Å². The van der Waals surface area contributed by atoms with Crippen molar-refractivity contribution in [3.8, 4) is 23.3 Å². The second-order valence-corrected chi connectivity index (χ2v) is 7.30. The molecule has 2 heterocycles. The van der Waals surface area contributed by atoms with Gasteiger partial charge in [-0.15, -0.1) is 10.2 Å².